The molecule has 0 bridgehead atoms. The van der Waals surface area contributed by atoms with Crippen molar-refractivity contribution in [3.63, 3.8) is 0 Å². The van der Waals surface area contributed by atoms with Crippen molar-refractivity contribution in [1.29, 1.82) is 0 Å². The van der Waals surface area contributed by atoms with Gasteiger partial charge in [-0.25, -0.2) is 0 Å². The van der Waals surface area contributed by atoms with E-state index in [9.17, 15) is 9.90 Å². The number of carbonyl (C=O) groups excluding carboxylic acids is 1. The van der Waals surface area contributed by atoms with Gasteiger partial charge in [-0.1, -0.05) is 30.7 Å². The molecular formula is C16H22ClNO3. The van der Waals surface area contributed by atoms with E-state index in [-0.39, 0.29) is 24.5 Å². The Morgan fingerprint density at radius 2 is 2.10 bits per heavy atom. The molecule has 1 heterocycles. The summed E-state index contributed by atoms with van der Waals surface area (Å²) in [5.41, 5.74) is 0.709. The van der Waals surface area contributed by atoms with E-state index in [1.807, 2.05) is 13.8 Å². The van der Waals surface area contributed by atoms with Crippen molar-refractivity contribution in [1.82, 2.24) is 4.90 Å². The van der Waals surface area contributed by atoms with Crippen LogP contribution in [0.25, 0.3) is 0 Å². The number of nitrogens with zero attached hydrogens (tertiary/aromatic N) is 1. The van der Waals surface area contributed by atoms with E-state index in [1.165, 1.54) is 0 Å². The van der Waals surface area contributed by atoms with Crippen molar-refractivity contribution in [3.8, 4) is 0 Å². The second-order valence-corrected chi connectivity index (χ2v) is 5.98. The number of morpholine rings is 1. The SMILES string of the molecule is CCC1CN(C(=O)CC(O)c2ccc(Cl)cc2)CC(C)O1. The molecule has 1 N–H and O–H groups in total. The first-order valence-electron chi connectivity index (χ1n) is 7.36. The number of hydrogen-bond acceptors (Lipinski definition) is 3. The molecule has 1 aliphatic heterocycles. The monoisotopic (exact) mass is 311 g/mol. The summed E-state index contributed by atoms with van der Waals surface area (Å²) in [5.74, 6) is -0.0361. The zero-order chi connectivity index (χ0) is 15.4. The molecule has 1 saturated heterocycles. The van der Waals surface area contributed by atoms with Crippen LogP contribution in [0.15, 0.2) is 24.3 Å². The minimum Gasteiger partial charge on any atom is -0.388 e. The van der Waals surface area contributed by atoms with Gasteiger partial charge < -0.3 is 14.7 Å². The third-order valence-electron chi connectivity index (χ3n) is 3.76. The lowest BCUT2D eigenvalue weighted by Crippen LogP contribution is -2.49. The largest absolute Gasteiger partial charge is 0.388 e. The third-order valence-corrected chi connectivity index (χ3v) is 4.01. The molecule has 1 aromatic carbocycles. The molecule has 3 atom stereocenters. The van der Waals surface area contributed by atoms with Gasteiger partial charge in [-0.05, 0) is 31.0 Å². The van der Waals surface area contributed by atoms with Gasteiger partial charge in [0.25, 0.3) is 0 Å². The van der Waals surface area contributed by atoms with Gasteiger partial charge in [0.15, 0.2) is 0 Å². The molecule has 0 aromatic heterocycles. The number of aliphatic hydroxyl groups excluding tert-OH is 1. The number of hydrogen-bond donors (Lipinski definition) is 1. The summed E-state index contributed by atoms with van der Waals surface area (Å²) in [7, 11) is 0. The zero-order valence-electron chi connectivity index (χ0n) is 12.5. The lowest BCUT2D eigenvalue weighted by Gasteiger charge is -2.36. The smallest absolute Gasteiger partial charge is 0.225 e. The molecule has 3 unspecified atom stereocenters. The second kappa shape index (κ2) is 7.25. The number of aliphatic hydroxyl groups is 1. The van der Waals surface area contributed by atoms with Gasteiger partial charge in [-0.2, -0.15) is 0 Å². The number of amides is 1. The Bertz CT molecular complexity index is 477. The Morgan fingerprint density at radius 3 is 2.71 bits per heavy atom. The molecule has 1 aromatic rings. The van der Waals surface area contributed by atoms with Gasteiger partial charge >= 0.3 is 0 Å². The topological polar surface area (TPSA) is 49.8 Å². The molecule has 0 aliphatic carbocycles. The fraction of sp³-hybridized carbons (Fsp3) is 0.562. The lowest BCUT2D eigenvalue weighted by atomic mass is 10.1. The Labute approximate surface area is 130 Å². The third kappa shape index (κ3) is 4.43. The number of ether oxygens (including phenoxy) is 1. The predicted molar refractivity (Wildman–Crippen MR) is 82.2 cm³/mol. The summed E-state index contributed by atoms with van der Waals surface area (Å²) in [6.45, 7) is 5.21. The van der Waals surface area contributed by atoms with Crippen LogP contribution < -0.4 is 0 Å². The van der Waals surface area contributed by atoms with Crippen LogP contribution in [0.5, 0.6) is 0 Å². The van der Waals surface area contributed by atoms with E-state index < -0.39 is 6.10 Å². The van der Waals surface area contributed by atoms with Crippen LogP contribution in [-0.2, 0) is 9.53 Å². The van der Waals surface area contributed by atoms with Crippen LogP contribution in [0.2, 0.25) is 5.02 Å². The average molecular weight is 312 g/mol. The Balaban J connectivity index is 1.95. The molecule has 21 heavy (non-hydrogen) atoms. The maximum Gasteiger partial charge on any atom is 0.225 e. The predicted octanol–water partition coefficient (Wildman–Crippen LogP) is 2.79. The fourth-order valence-electron chi connectivity index (χ4n) is 2.57. The van der Waals surface area contributed by atoms with E-state index in [4.69, 9.17) is 16.3 Å². The molecule has 2 rings (SSSR count). The summed E-state index contributed by atoms with van der Waals surface area (Å²) < 4.78 is 5.75. The van der Waals surface area contributed by atoms with Crippen molar-refractivity contribution in [2.75, 3.05) is 13.1 Å². The lowest BCUT2D eigenvalue weighted by molar-refractivity contribution is -0.146. The van der Waals surface area contributed by atoms with E-state index in [1.54, 1.807) is 29.2 Å². The van der Waals surface area contributed by atoms with Crippen LogP contribution >= 0.6 is 11.6 Å². The highest BCUT2D eigenvalue weighted by atomic mass is 35.5. The highest BCUT2D eigenvalue weighted by Crippen LogP contribution is 2.22. The molecule has 0 saturated carbocycles. The van der Waals surface area contributed by atoms with E-state index in [0.29, 0.717) is 23.7 Å². The van der Waals surface area contributed by atoms with Crippen LogP contribution in [0, 0.1) is 0 Å². The van der Waals surface area contributed by atoms with Gasteiger partial charge in [0.1, 0.15) is 0 Å². The number of halogens is 1. The van der Waals surface area contributed by atoms with Gasteiger partial charge in [-0.3, -0.25) is 4.79 Å². The molecule has 0 radical (unpaired) electrons. The Hall–Kier alpha value is -1.10. The van der Waals surface area contributed by atoms with E-state index >= 15 is 0 Å². The maximum absolute atomic E-state index is 12.3. The summed E-state index contributed by atoms with van der Waals surface area (Å²) >= 11 is 5.82. The Kier molecular flexibility index (Phi) is 5.62. The molecule has 4 nitrogen and oxygen atoms in total. The fourth-order valence-corrected chi connectivity index (χ4v) is 2.70. The van der Waals surface area contributed by atoms with Crippen LogP contribution in [0.3, 0.4) is 0 Å². The molecule has 116 valence electrons. The van der Waals surface area contributed by atoms with Crippen LogP contribution in [-0.4, -0.2) is 41.2 Å². The van der Waals surface area contributed by atoms with Gasteiger partial charge in [-0.15, -0.1) is 0 Å². The van der Waals surface area contributed by atoms with Gasteiger partial charge in [0, 0.05) is 18.1 Å². The minimum absolute atomic E-state index is 0.0361. The van der Waals surface area contributed by atoms with Crippen molar-refractivity contribution < 1.29 is 14.6 Å². The summed E-state index contributed by atoms with van der Waals surface area (Å²) in [6.07, 6.45) is 0.303. The first kappa shape index (κ1) is 16.3. The van der Waals surface area contributed by atoms with Gasteiger partial charge in [0.2, 0.25) is 5.91 Å². The highest BCUT2D eigenvalue weighted by molar-refractivity contribution is 6.30. The van der Waals surface area contributed by atoms with Crippen molar-refractivity contribution >= 4 is 17.5 Å². The molecule has 5 heteroatoms. The highest BCUT2D eigenvalue weighted by Gasteiger charge is 2.28. The molecular weight excluding hydrogens is 290 g/mol. The first-order chi connectivity index (χ1) is 9.99. The summed E-state index contributed by atoms with van der Waals surface area (Å²) in [6, 6.07) is 6.93. The van der Waals surface area contributed by atoms with Crippen LogP contribution in [0.4, 0.5) is 0 Å². The standard InChI is InChI=1S/C16H22ClNO3/c1-3-14-10-18(9-11(2)21-14)16(20)8-15(19)12-4-6-13(17)7-5-12/h4-7,11,14-15,19H,3,8-10H2,1-2H3. The number of rotatable bonds is 4. The summed E-state index contributed by atoms with van der Waals surface area (Å²) in [4.78, 5) is 14.1. The molecule has 0 spiro atoms. The van der Waals surface area contributed by atoms with Crippen molar-refractivity contribution in [3.05, 3.63) is 34.9 Å². The van der Waals surface area contributed by atoms with Crippen molar-refractivity contribution in [2.45, 2.75) is 45.0 Å². The van der Waals surface area contributed by atoms with Crippen molar-refractivity contribution in [2.24, 2.45) is 0 Å². The second-order valence-electron chi connectivity index (χ2n) is 5.55. The quantitative estimate of drug-likeness (QED) is 0.930. The molecule has 1 fully saturated rings. The van der Waals surface area contributed by atoms with Gasteiger partial charge in [0.05, 0.1) is 24.7 Å². The number of benzene rings is 1. The Morgan fingerprint density at radius 1 is 1.43 bits per heavy atom. The van der Waals surface area contributed by atoms with E-state index in [2.05, 4.69) is 0 Å². The normalized spacial score (nSPS) is 23.9. The maximum atomic E-state index is 12.3. The molecule has 1 aliphatic rings. The first-order valence-corrected chi connectivity index (χ1v) is 7.74. The van der Waals surface area contributed by atoms with E-state index in [0.717, 1.165) is 6.42 Å². The average Bonchev–Trinajstić information content (AvgIpc) is 2.47. The number of carbonyl (C=O) groups is 1. The zero-order valence-corrected chi connectivity index (χ0v) is 13.2. The van der Waals surface area contributed by atoms with Crippen LogP contribution in [0.1, 0.15) is 38.4 Å². The minimum atomic E-state index is -0.798. The summed E-state index contributed by atoms with van der Waals surface area (Å²) in [5, 5.41) is 10.8. The molecule has 1 amide bonds.